The number of ether oxygens (including phenoxy) is 2. The maximum Gasteiger partial charge on any atom is 0.433 e. The van der Waals surface area contributed by atoms with Crippen LogP contribution < -0.4 is 4.74 Å². The van der Waals surface area contributed by atoms with Crippen molar-refractivity contribution in [3.8, 4) is 5.75 Å². The summed E-state index contributed by atoms with van der Waals surface area (Å²) in [6.07, 6.45) is 0. The molecule has 0 fully saturated rings. The second-order valence-electron chi connectivity index (χ2n) is 3.78. The van der Waals surface area contributed by atoms with Crippen molar-refractivity contribution >= 4 is 11.9 Å². The molecule has 0 radical (unpaired) electrons. The molecule has 0 saturated heterocycles. The molecule has 0 bridgehead atoms. The van der Waals surface area contributed by atoms with E-state index in [4.69, 9.17) is 13.9 Å². The lowest BCUT2D eigenvalue weighted by Crippen LogP contribution is -2.05. The van der Waals surface area contributed by atoms with Crippen molar-refractivity contribution in [2.45, 2.75) is 6.61 Å². The van der Waals surface area contributed by atoms with Crippen LogP contribution in [0.5, 0.6) is 5.75 Å². The van der Waals surface area contributed by atoms with E-state index in [1.807, 2.05) is 0 Å². The average Bonchev–Trinajstić information content (AvgIpc) is 2.95. The Morgan fingerprint density at radius 1 is 1.30 bits per heavy atom. The molecular formula is C13H11NO6. The molecule has 2 aromatic rings. The van der Waals surface area contributed by atoms with Gasteiger partial charge in [-0.05, 0) is 12.1 Å². The molecule has 0 unspecified atom stereocenters. The van der Waals surface area contributed by atoms with Gasteiger partial charge in [0.25, 0.3) is 0 Å². The minimum absolute atomic E-state index is 0.0165. The van der Waals surface area contributed by atoms with Crippen LogP contribution in [-0.4, -0.2) is 18.0 Å². The molecular weight excluding hydrogens is 266 g/mol. The molecule has 7 nitrogen and oxygen atoms in total. The number of hydrogen-bond donors (Lipinski definition) is 0. The van der Waals surface area contributed by atoms with Crippen LogP contribution in [0.25, 0.3) is 0 Å². The standard InChI is InChI=1S/C13H11NO6/c1-18-10-5-3-2-4-9(10)8-19-13(15)11-6-7-12(20-11)14(16)17/h2-7H,8H2,1H3. The van der Waals surface area contributed by atoms with E-state index in [1.165, 1.54) is 13.2 Å². The van der Waals surface area contributed by atoms with E-state index in [0.717, 1.165) is 6.07 Å². The third kappa shape index (κ3) is 2.94. The number of esters is 1. The van der Waals surface area contributed by atoms with Crippen molar-refractivity contribution in [1.82, 2.24) is 0 Å². The summed E-state index contributed by atoms with van der Waals surface area (Å²) in [7, 11) is 1.51. The summed E-state index contributed by atoms with van der Waals surface area (Å²) in [5.41, 5.74) is 0.685. The van der Waals surface area contributed by atoms with Crippen LogP contribution in [0.4, 0.5) is 5.88 Å². The van der Waals surface area contributed by atoms with E-state index in [2.05, 4.69) is 0 Å². The Balaban J connectivity index is 2.03. The van der Waals surface area contributed by atoms with Crippen molar-refractivity contribution in [2.75, 3.05) is 7.11 Å². The minimum atomic E-state index is -0.774. The summed E-state index contributed by atoms with van der Waals surface area (Å²) >= 11 is 0. The number of rotatable bonds is 5. The van der Waals surface area contributed by atoms with Gasteiger partial charge >= 0.3 is 11.9 Å². The van der Waals surface area contributed by atoms with Crippen LogP contribution in [0, 0.1) is 10.1 Å². The van der Waals surface area contributed by atoms with Crippen LogP contribution in [0.2, 0.25) is 0 Å². The molecule has 0 aliphatic carbocycles. The fraction of sp³-hybridized carbons (Fsp3) is 0.154. The summed E-state index contributed by atoms with van der Waals surface area (Å²) in [5, 5.41) is 10.4. The van der Waals surface area contributed by atoms with Gasteiger partial charge in [-0.15, -0.1) is 0 Å². The quantitative estimate of drug-likeness (QED) is 0.473. The highest BCUT2D eigenvalue weighted by Crippen LogP contribution is 2.20. The number of carbonyl (C=O) groups excluding carboxylic acids is 1. The molecule has 104 valence electrons. The Bertz CT molecular complexity index is 633. The van der Waals surface area contributed by atoms with E-state index in [-0.39, 0.29) is 12.4 Å². The summed E-state index contributed by atoms with van der Waals surface area (Å²) in [6.45, 7) is -0.0165. The maximum absolute atomic E-state index is 11.7. The van der Waals surface area contributed by atoms with E-state index in [9.17, 15) is 14.9 Å². The van der Waals surface area contributed by atoms with Gasteiger partial charge in [-0.3, -0.25) is 10.1 Å². The smallest absolute Gasteiger partial charge is 0.433 e. The molecule has 1 aromatic heterocycles. The van der Waals surface area contributed by atoms with Crippen molar-refractivity contribution in [3.05, 3.63) is 57.8 Å². The number of hydrogen-bond acceptors (Lipinski definition) is 6. The molecule has 7 heteroatoms. The average molecular weight is 277 g/mol. The van der Waals surface area contributed by atoms with Crippen LogP contribution in [0.3, 0.4) is 0 Å². The van der Waals surface area contributed by atoms with E-state index in [1.54, 1.807) is 24.3 Å². The first kappa shape index (κ1) is 13.6. The van der Waals surface area contributed by atoms with Crippen LogP contribution in [-0.2, 0) is 11.3 Å². The molecule has 0 amide bonds. The van der Waals surface area contributed by atoms with Gasteiger partial charge in [0.1, 0.15) is 17.3 Å². The first-order valence-electron chi connectivity index (χ1n) is 5.65. The van der Waals surface area contributed by atoms with Gasteiger partial charge in [0, 0.05) is 5.56 Å². The summed E-state index contributed by atoms with van der Waals surface area (Å²) in [4.78, 5) is 21.4. The topological polar surface area (TPSA) is 91.8 Å². The first-order chi connectivity index (χ1) is 9.61. The Hall–Kier alpha value is -2.83. The van der Waals surface area contributed by atoms with Gasteiger partial charge in [0.05, 0.1) is 13.2 Å². The lowest BCUT2D eigenvalue weighted by atomic mass is 10.2. The molecule has 1 aromatic carbocycles. The summed E-state index contributed by atoms with van der Waals surface area (Å²) in [6, 6.07) is 9.35. The molecule has 2 rings (SSSR count). The monoisotopic (exact) mass is 277 g/mol. The van der Waals surface area contributed by atoms with Gasteiger partial charge in [-0.1, -0.05) is 18.2 Å². The fourth-order valence-electron chi connectivity index (χ4n) is 1.57. The summed E-state index contributed by atoms with van der Waals surface area (Å²) in [5.74, 6) is -0.907. The zero-order valence-electron chi connectivity index (χ0n) is 10.6. The Kier molecular flexibility index (Phi) is 3.99. The van der Waals surface area contributed by atoms with Crippen LogP contribution >= 0.6 is 0 Å². The van der Waals surface area contributed by atoms with E-state index in [0.29, 0.717) is 11.3 Å². The van der Waals surface area contributed by atoms with Crippen molar-refractivity contribution in [3.63, 3.8) is 0 Å². The normalized spacial score (nSPS) is 10.1. The minimum Gasteiger partial charge on any atom is -0.496 e. The van der Waals surface area contributed by atoms with Gasteiger partial charge in [0.15, 0.2) is 0 Å². The molecule has 20 heavy (non-hydrogen) atoms. The first-order valence-corrected chi connectivity index (χ1v) is 5.65. The zero-order valence-corrected chi connectivity index (χ0v) is 10.6. The second kappa shape index (κ2) is 5.87. The van der Waals surface area contributed by atoms with Crippen LogP contribution in [0.15, 0.2) is 40.8 Å². The third-order valence-electron chi connectivity index (χ3n) is 2.52. The van der Waals surface area contributed by atoms with E-state index >= 15 is 0 Å². The SMILES string of the molecule is COc1ccccc1COC(=O)c1ccc([N+](=O)[O-])o1. The van der Waals surface area contributed by atoms with E-state index < -0.39 is 16.8 Å². The van der Waals surface area contributed by atoms with Crippen molar-refractivity contribution < 1.29 is 23.6 Å². The Morgan fingerprint density at radius 3 is 2.70 bits per heavy atom. The molecule has 0 aliphatic rings. The van der Waals surface area contributed by atoms with Gasteiger partial charge in [0.2, 0.25) is 5.76 Å². The van der Waals surface area contributed by atoms with Crippen molar-refractivity contribution in [2.24, 2.45) is 0 Å². The number of furan rings is 1. The molecule has 0 saturated carbocycles. The second-order valence-corrected chi connectivity index (χ2v) is 3.78. The number of para-hydroxylation sites is 1. The van der Waals surface area contributed by atoms with Gasteiger partial charge in [-0.25, -0.2) is 4.79 Å². The summed E-state index contributed by atoms with van der Waals surface area (Å²) < 4.78 is 14.9. The highest BCUT2D eigenvalue weighted by atomic mass is 16.7. The molecule has 0 atom stereocenters. The largest absolute Gasteiger partial charge is 0.496 e. The number of benzene rings is 1. The molecule has 1 heterocycles. The lowest BCUT2D eigenvalue weighted by molar-refractivity contribution is -0.402. The third-order valence-corrected chi connectivity index (χ3v) is 2.52. The fourth-order valence-corrected chi connectivity index (χ4v) is 1.57. The number of carbonyl (C=O) groups is 1. The molecule has 0 aliphatic heterocycles. The number of nitrogens with zero attached hydrogens (tertiary/aromatic N) is 1. The predicted molar refractivity (Wildman–Crippen MR) is 67.5 cm³/mol. The highest BCUT2D eigenvalue weighted by Gasteiger charge is 2.18. The van der Waals surface area contributed by atoms with Crippen LogP contribution in [0.1, 0.15) is 16.1 Å². The maximum atomic E-state index is 11.7. The Labute approximate surface area is 113 Å². The number of nitro groups is 1. The number of methoxy groups -OCH3 is 1. The van der Waals surface area contributed by atoms with Gasteiger partial charge < -0.3 is 13.9 Å². The highest BCUT2D eigenvalue weighted by molar-refractivity contribution is 5.86. The lowest BCUT2D eigenvalue weighted by Gasteiger charge is -2.07. The van der Waals surface area contributed by atoms with Crippen molar-refractivity contribution in [1.29, 1.82) is 0 Å². The predicted octanol–water partition coefficient (Wildman–Crippen LogP) is 2.55. The molecule has 0 N–H and O–H groups in total. The van der Waals surface area contributed by atoms with Gasteiger partial charge in [-0.2, -0.15) is 0 Å². The Morgan fingerprint density at radius 2 is 2.05 bits per heavy atom. The zero-order chi connectivity index (χ0) is 14.5. The molecule has 0 spiro atoms.